The molecule has 0 spiro atoms. The molecule has 0 bridgehead atoms. The molecule has 0 aliphatic rings. The maximum Gasteiger partial charge on any atom is 0.286 e. The average Bonchev–Trinajstić information content (AvgIpc) is 3.04. The number of carbonyl (C=O) groups excluding carboxylic acids is 2. The second kappa shape index (κ2) is 7.63. The molecule has 0 saturated carbocycles. The van der Waals surface area contributed by atoms with Crippen LogP contribution in [0, 0.1) is 13.8 Å². The van der Waals surface area contributed by atoms with Crippen LogP contribution in [0.3, 0.4) is 0 Å². The van der Waals surface area contributed by atoms with Gasteiger partial charge in [-0.25, -0.2) is 0 Å². The van der Waals surface area contributed by atoms with Crippen LogP contribution in [0.1, 0.15) is 33.7 Å². The third-order valence-electron chi connectivity index (χ3n) is 3.70. The first-order chi connectivity index (χ1) is 11.0. The van der Waals surface area contributed by atoms with E-state index in [9.17, 15) is 9.59 Å². The van der Waals surface area contributed by atoms with E-state index in [0.29, 0.717) is 6.54 Å². The second-order valence-electron chi connectivity index (χ2n) is 5.66. The molecule has 0 aliphatic carbocycles. The highest BCUT2D eigenvalue weighted by Gasteiger charge is 2.12. The quantitative estimate of drug-likeness (QED) is 0.891. The Morgan fingerprint density at radius 3 is 2.65 bits per heavy atom. The van der Waals surface area contributed by atoms with Crippen LogP contribution in [0.4, 0.5) is 0 Å². The molecular weight excluding hydrogens is 292 g/mol. The van der Waals surface area contributed by atoms with Crippen LogP contribution < -0.4 is 5.32 Å². The largest absolute Gasteiger partial charge is 0.459 e. The average molecular weight is 314 g/mol. The van der Waals surface area contributed by atoms with Crippen molar-refractivity contribution < 1.29 is 14.0 Å². The van der Waals surface area contributed by atoms with Crippen LogP contribution in [0.5, 0.6) is 0 Å². The molecule has 2 aromatic rings. The lowest BCUT2D eigenvalue weighted by atomic mass is 10.1. The summed E-state index contributed by atoms with van der Waals surface area (Å²) in [4.78, 5) is 25.5. The van der Waals surface area contributed by atoms with Crippen molar-refractivity contribution in [3.8, 4) is 0 Å². The summed E-state index contributed by atoms with van der Waals surface area (Å²) in [5.41, 5.74) is 3.52. The number of hydrogen-bond donors (Lipinski definition) is 1. The predicted octanol–water partition coefficient (Wildman–Crippen LogP) is 2.67. The first kappa shape index (κ1) is 16.8. The van der Waals surface area contributed by atoms with Crippen molar-refractivity contribution in [3.63, 3.8) is 0 Å². The van der Waals surface area contributed by atoms with Crippen LogP contribution in [0.2, 0.25) is 0 Å². The fraction of sp³-hybridized carbons (Fsp3) is 0.333. The van der Waals surface area contributed by atoms with Crippen LogP contribution >= 0.6 is 0 Å². The summed E-state index contributed by atoms with van der Waals surface area (Å²) in [5.74, 6) is -0.0642. The number of hydrogen-bond acceptors (Lipinski definition) is 3. The minimum Gasteiger partial charge on any atom is -0.459 e. The van der Waals surface area contributed by atoms with Crippen LogP contribution in [0.15, 0.2) is 41.0 Å². The number of aryl methyl sites for hydroxylation is 2. The van der Waals surface area contributed by atoms with Crippen molar-refractivity contribution in [1.29, 1.82) is 0 Å². The fourth-order valence-electron chi connectivity index (χ4n) is 2.34. The molecule has 0 unspecified atom stereocenters. The van der Waals surface area contributed by atoms with Crippen LogP contribution in [-0.2, 0) is 11.3 Å². The number of benzene rings is 1. The number of nitrogens with zero attached hydrogens (tertiary/aromatic N) is 1. The Morgan fingerprint density at radius 1 is 1.22 bits per heavy atom. The summed E-state index contributed by atoms with van der Waals surface area (Å²) >= 11 is 0. The van der Waals surface area contributed by atoms with Crippen molar-refractivity contribution in [1.82, 2.24) is 10.2 Å². The molecule has 1 aromatic heterocycles. The molecule has 2 rings (SSSR count). The Labute approximate surface area is 136 Å². The van der Waals surface area contributed by atoms with Gasteiger partial charge in [0.05, 0.1) is 6.26 Å². The first-order valence-electron chi connectivity index (χ1n) is 7.59. The van der Waals surface area contributed by atoms with E-state index < -0.39 is 0 Å². The second-order valence-corrected chi connectivity index (χ2v) is 5.66. The molecule has 5 heteroatoms. The zero-order valence-corrected chi connectivity index (χ0v) is 13.8. The summed E-state index contributed by atoms with van der Waals surface area (Å²) in [7, 11) is 1.77. The topological polar surface area (TPSA) is 62.6 Å². The smallest absolute Gasteiger partial charge is 0.286 e. The van der Waals surface area contributed by atoms with Crippen LogP contribution in [0.25, 0.3) is 0 Å². The number of furan rings is 1. The Kier molecular flexibility index (Phi) is 5.57. The van der Waals surface area contributed by atoms with Gasteiger partial charge in [-0.15, -0.1) is 0 Å². The SMILES string of the molecule is Cc1ccc(CN(C)C(=O)CCNC(=O)c2ccco2)c(C)c1. The molecule has 5 nitrogen and oxygen atoms in total. The van der Waals surface area contributed by atoms with Gasteiger partial charge in [0.1, 0.15) is 0 Å². The molecular formula is C18H22N2O3. The minimum atomic E-state index is -0.306. The zero-order valence-electron chi connectivity index (χ0n) is 13.8. The molecule has 0 fully saturated rings. The summed E-state index contributed by atoms with van der Waals surface area (Å²) in [5, 5.41) is 2.67. The van der Waals surface area contributed by atoms with Crippen molar-refractivity contribution in [2.24, 2.45) is 0 Å². The van der Waals surface area contributed by atoms with E-state index >= 15 is 0 Å². The molecule has 0 atom stereocenters. The summed E-state index contributed by atoms with van der Waals surface area (Å²) in [6.45, 7) is 4.95. The lowest BCUT2D eigenvalue weighted by Crippen LogP contribution is -2.31. The lowest BCUT2D eigenvalue weighted by molar-refractivity contribution is -0.130. The van der Waals surface area contributed by atoms with Gasteiger partial charge in [-0.2, -0.15) is 0 Å². The highest BCUT2D eigenvalue weighted by atomic mass is 16.3. The first-order valence-corrected chi connectivity index (χ1v) is 7.59. The van der Waals surface area contributed by atoms with Gasteiger partial charge in [0, 0.05) is 26.6 Å². The molecule has 0 aliphatic heterocycles. The maximum absolute atomic E-state index is 12.1. The lowest BCUT2D eigenvalue weighted by Gasteiger charge is -2.19. The van der Waals surface area contributed by atoms with Gasteiger partial charge in [0.15, 0.2) is 5.76 Å². The molecule has 2 amide bonds. The fourth-order valence-corrected chi connectivity index (χ4v) is 2.34. The Bertz CT molecular complexity index is 678. The molecule has 1 aromatic carbocycles. The number of amides is 2. The number of carbonyl (C=O) groups is 2. The summed E-state index contributed by atoms with van der Waals surface area (Å²) in [6, 6.07) is 9.44. The van der Waals surface area contributed by atoms with E-state index in [1.165, 1.54) is 17.4 Å². The van der Waals surface area contributed by atoms with Crippen LogP contribution in [-0.4, -0.2) is 30.3 Å². The van der Waals surface area contributed by atoms with E-state index in [4.69, 9.17) is 4.42 Å². The van der Waals surface area contributed by atoms with Gasteiger partial charge in [-0.3, -0.25) is 9.59 Å². The molecule has 1 N–H and O–H groups in total. The Morgan fingerprint density at radius 2 is 2.00 bits per heavy atom. The van der Waals surface area contributed by atoms with Gasteiger partial charge >= 0.3 is 0 Å². The summed E-state index contributed by atoms with van der Waals surface area (Å²) in [6.07, 6.45) is 1.70. The number of nitrogens with one attached hydrogen (secondary N) is 1. The number of rotatable bonds is 6. The highest BCUT2D eigenvalue weighted by Crippen LogP contribution is 2.12. The van der Waals surface area contributed by atoms with Crippen molar-refractivity contribution in [3.05, 3.63) is 59.0 Å². The van der Waals surface area contributed by atoms with E-state index in [-0.39, 0.29) is 30.5 Å². The highest BCUT2D eigenvalue weighted by molar-refractivity contribution is 5.91. The van der Waals surface area contributed by atoms with Crippen molar-refractivity contribution in [2.75, 3.05) is 13.6 Å². The van der Waals surface area contributed by atoms with E-state index in [1.54, 1.807) is 24.1 Å². The zero-order chi connectivity index (χ0) is 16.8. The molecule has 1 heterocycles. The van der Waals surface area contributed by atoms with E-state index in [2.05, 4.69) is 11.4 Å². The van der Waals surface area contributed by atoms with Crippen molar-refractivity contribution in [2.45, 2.75) is 26.8 Å². The van der Waals surface area contributed by atoms with Gasteiger partial charge in [0.2, 0.25) is 5.91 Å². The molecule has 0 radical (unpaired) electrons. The van der Waals surface area contributed by atoms with E-state index in [0.717, 1.165) is 5.56 Å². The Hall–Kier alpha value is -2.56. The standard InChI is InChI=1S/C18H22N2O3/c1-13-6-7-15(14(2)11-13)12-20(3)17(21)8-9-19-18(22)16-5-4-10-23-16/h4-7,10-11H,8-9,12H2,1-3H3,(H,19,22). The predicted molar refractivity (Wildman–Crippen MR) is 88.0 cm³/mol. The van der Waals surface area contributed by atoms with Gasteiger partial charge in [-0.1, -0.05) is 23.8 Å². The van der Waals surface area contributed by atoms with Gasteiger partial charge in [0.25, 0.3) is 5.91 Å². The third kappa shape index (κ3) is 4.71. The monoisotopic (exact) mass is 314 g/mol. The summed E-state index contributed by atoms with van der Waals surface area (Å²) < 4.78 is 4.99. The van der Waals surface area contributed by atoms with Gasteiger partial charge in [-0.05, 0) is 37.1 Å². The normalized spacial score (nSPS) is 10.4. The molecule has 23 heavy (non-hydrogen) atoms. The third-order valence-corrected chi connectivity index (χ3v) is 3.70. The molecule has 122 valence electrons. The maximum atomic E-state index is 12.1. The van der Waals surface area contributed by atoms with E-state index in [1.807, 2.05) is 26.0 Å². The van der Waals surface area contributed by atoms with Crippen molar-refractivity contribution >= 4 is 11.8 Å². The van der Waals surface area contributed by atoms with Gasteiger partial charge < -0.3 is 14.6 Å². The molecule has 0 saturated heterocycles. The Balaban J connectivity index is 1.79. The minimum absolute atomic E-state index is 0.00952.